The van der Waals surface area contributed by atoms with Gasteiger partial charge in [-0.15, -0.1) is 0 Å². The van der Waals surface area contributed by atoms with Crippen LogP contribution in [0.5, 0.6) is 0 Å². The van der Waals surface area contributed by atoms with Gasteiger partial charge in [0.2, 0.25) is 0 Å². The van der Waals surface area contributed by atoms with Gasteiger partial charge in [-0.1, -0.05) is 19.1 Å². The topological polar surface area (TPSA) is 56.6 Å². The highest BCUT2D eigenvalue weighted by Crippen LogP contribution is 2.41. The molecule has 1 saturated heterocycles. The van der Waals surface area contributed by atoms with Crippen molar-refractivity contribution in [2.24, 2.45) is 0 Å². The fourth-order valence-corrected chi connectivity index (χ4v) is 4.00. The van der Waals surface area contributed by atoms with Crippen LogP contribution in [0.15, 0.2) is 24.3 Å². The van der Waals surface area contributed by atoms with E-state index in [1.54, 1.807) is 30.1 Å². The molecule has 2 rings (SSSR count). The summed E-state index contributed by atoms with van der Waals surface area (Å²) in [6, 6.07) is 9.31. The summed E-state index contributed by atoms with van der Waals surface area (Å²) in [4.78, 5) is 21.5. The van der Waals surface area contributed by atoms with Gasteiger partial charge in [-0.25, -0.2) is 0 Å². The number of rotatable bonds is 5. The number of hydrogen-bond acceptors (Lipinski definition) is 4. The van der Waals surface area contributed by atoms with Crippen molar-refractivity contribution in [2.45, 2.75) is 83.9 Å². The van der Waals surface area contributed by atoms with Gasteiger partial charge in [0, 0.05) is 18.1 Å². The Morgan fingerprint density at radius 1 is 1.26 bits per heavy atom. The molecule has 1 aliphatic rings. The number of nitriles is 1. The molecule has 0 aliphatic carbocycles. The number of amides is 1. The molecule has 1 fully saturated rings. The molecule has 0 saturated carbocycles. The molecule has 1 heterocycles. The largest absolute Gasteiger partial charge is 0.312 e. The molecule has 1 aromatic rings. The summed E-state index contributed by atoms with van der Waals surface area (Å²) in [7, 11) is 1.71. The summed E-state index contributed by atoms with van der Waals surface area (Å²) in [5.41, 5.74) is -0.234. The Morgan fingerprint density at radius 2 is 1.81 bits per heavy atom. The van der Waals surface area contributed by atoms with Gasteiger partial charge in [0.05, 0.1) is 11.3 Å². The maximum atomic E-state index is 13.4. The van der Waals surface area contributed by atoms with Gasteiger partial charge >= 0.3 is 0 Å². The average molecular weight is 372 g/mol. The molecule has 27 heavy (non-hydrogen) atoms. The van der Waals surface area contributed by atoms with Gasteiger partial charge in [-0.3, -0.25) is 9.63 Å². The summed E-state index contributed by atoms with van der Waals surface area (Å²) in [6.07, 6.45) is 3.73. The molecule has 0 radical (unpaired) electrons. The zero-order chi connectivity index (χ0) is 20.5. The number of anilines is 1. The molecule has 0 spiro atoms. The summed E-state index contributed by atoms with van der Waals surface area (Å²) in [6.45, 7) is 12.5. The second-order valence-corrected chi connectivity index (χ2v) is 8.94. The minimum atomic E-state index is -1.01. The molecule has 5 nitrogen and oxygen atoms in total. The number of likely N-dealkylation sites (N-methyl/N-ethyl adjacent to an activating group) is 1. The van der Waals surface area contributed by atoms with Gasteiger partial charge in [-0.05, 0) is 72.4 Å². The Balaban J connectivity index is 2.35. The third kappa shape index (κ3) is 4.17. The highest BCUT2D eigenvalue weighted by Gasteiger charge is 2.48. The smallest absolute Gasteiger partial charge is 0.260 e. The predicted octanol–water partition coefficient (Wildman–Crippen LogP) is 4.66. The predicted molar refractivity (Wildman–Crippen MR) is 108 cm³/mol. The fraction of sp³-hybridized carbons (Fsp3) is 0.636. The monoisotopic (exact) mass is 371 g/mol. The number of para-hydroxylation sites is 1. The van der Waals surface area contributed by atoms with Crippen LogP contribution in [0.4, 0.5) is 5.69 Å². The van der Waals surface area contributed by atoms with Crippen molar-refractivity contribution in [3.05, 3.63) is 29.8 Å². The van der Waals surface area contributed by atoms with Gasteiger partial charge in [0.25, 0.3) is 5.91 Å². The van der Waals surface area contributed by atoms with Gasteiger partial charge in [0.1, 0.15) is 6.07 Å². The van der Waals surface area contributed by atoms with Gasteiger partial charge < -0.3 is 4.90 Å². The van der Waals surface area contributed by atoms with E-state index < -0.39 is 5.60 Å². The Kier molecular flexibility index (Phi) is 6.03. The Labute approximate surface area is 163 Å². The molecule has 1 aliphatic heterocycles. The highest BCUT2D eigenvalue weighted by molar-refractivity contribution is 5.99. The lowest BCUT2D eigenvalue weighted by Gasteiger charge is -2.54. The molecule has 0 N–H and O–H groups in total. The van der Waals surface area contributed by atoms with Crippen LogP contribution in [0.3, 0.4) is 0 Å². The van der Waals surface area contributed by atoms with Crippen molar-refractivity contribution in [3.8, 4) is 6.07 Å². The first-order valence-electron chi connectivity index (χ1n) is 9.75. The second-order valence-electron chi connectivity index (χ2n) is 8.94. The van der Waals surface area contributed by atoms with Crippen molar-refractivity contribution in [1.29, 1.82) is 5.26 Å². The molecule has 148 valence electrons. The van der Waals surface area contributed by atoms with Crippen LogP contribution in [0, 0.1) is 11.3 Å². The summed E-state index contributed by atoms with van der Waals surface area (Å²) in [5.74, 6) is -0.148. The van der Waals surface area contributed by atoms with E-state index in [0.29, 0.717) is 17.7 Å². The zero-order valence-electron chi connectivity index (χ0n) is 17.8. The third-order valence-corrected chi connectivity index (χ3v) is 5.79. The van der Waals surface area contributed by atoms with Crippen molar-refractivity contribution in [2.75, 3.05) is 11.9 Å². The zero-order valence-corrected chi connectivity index (χ0v) is 17.8. The maximum absolute atomic E-state index is 13.4. The Bertz CT molecular complexity index is 719. The van der Waals surface area contributed by atoms with Crippen LogP contribution in [0.25, 0.3) is 0 Å². The summed E-state index contributed by atoms with van der Waals surface area (Å²) >= 11 is 0. The number of carbonyl (C=O) groups is 1. The van der Waals surface area contributed by atoms with E-state index in [4.69, 9.17) is 4.84 Å². The lowest BCUT2D eigenvalue weighted by atomic mass is 9.82. The van der Waals surface area contributed by atoms with E-state index in [2.05, 4.69) is 33.8 Å². The molecule has 1 aromatic carbocycles. The third-order valence-electron chi connectivity index (χ3n) is 5.79. The molecular formula is C22H33N3O2. The van der Waals surface area contributed by atoms with Crippen molar-refractivity contribution >= 4 is 11.6 Å². The molecule has 0 unspecified atom stereocenters. The Hall–Kier alpha value is -1.90. The van der Waals surface area contributed by atoms with Crippen LogP contribution >= 0.6 is 0 Å². The fourth-order valence-electron chi connectivity index (χ4n) is 4.00. The SMILES string of the molecule is CC[C@](C)(ON1C(C)(C)CCCC1(C)C)C(=O)N(C)c1ccccc1C#N. The van der Waals surface area contributed by atoms with E-state index in [-0.39, 0.29) is 17.0 Å². The standard InChI is InChI=1S/C22H33N3O2/c1-8-22(6,27-25-20(2,3)14-11-15-21(25,4)5)19(26)24(7)18-13-10-9-12-17(18)16-23/h9-10,12-13H,8,11,14-15H2,1-7H3/t22-/m0/s1. The molecule has 5 heteroatoms. The number of benzene rings is 1. The van der Waals surface area contributed by atoms with Crippen LogP contribution in [-0.4, -0.2) is 34.7 Å². The number of carbonyl (C=O) groups excluding carboxylic acids is 1. The number of hydrogen-bond donors (Lipinski definition) is 0. The summed E-state index contributed by atoms with van der Waals surface area (Å²) in [5, 5.41) is 11.4. The van der Waals surface area contributed by atoms with Crippen molar-refractivity contribution < 1.29 is 9.63 Å². The molecule has 0 aromatic heterocycles. The number of piperidine rings is 1. The first-order valence-corrected chi connectivity index (χ1v) is 9.75. The van der Waals surface area contributed by atoms with Crippen LogP contribution in [0.1, 0.15) is 72.8 Å². The maximum Gasteiger partial charge on any atom is 0.260 e. The summed E-state index contributed by atoms with van der Waals surface area (Å²) < 4.78 is 0. The van der Waals surface area contributed by atoms with Crippen molar-refractivity contribution in [3.63, 3.8) is 0 Å². The van der Waals surface area contributed by atoms with E-state index >= 15 is 0 Å². The quantitative estimate of drug-likeness (QED) is 0.755. The Morgan fingerprint density at radius 3 is 2.33 bits per heavy atom. The normalized spacial score (nSPS) is 21.1. The average Bonchev–Trinajstić information content (AvgIpc) is 2.63. The van der Waals surface area contributed by atoms with E-state index in [9.17, 15) is 10.1 Å². The van der Waals surface area contributed by atoms with E-state index in [1.807, 2.05) is 25.0 Å². The lowest BCUT2D eigenvalue weighted by molar-refractivity contribution is -0.324. The molecule has 1 atom stereocenters. The van der Waals surface area contributed by atoms with Crippen LogP contribution < -0.4 is 4.90 Å². The molecular weight excluding hydrogens is 338 g/mol. The molecule has 0 bridgehead atoms. The lowest BCUT2D eigenvalue weighted by Crippen LogP contribution is -2.63. The first-order chi connectivity index (χ1) is 12.5. The van der Waals surface area contributed by atoms with Crippen LogP contribution in [0.2, 0.25) is 0 Å². The van der Waals surface area contributed by atoms with Gasteiger partial charge in [0.15, 0.2) is 5.60 Å². The van der Waals surface area contributed by atoms with E-state index in [0.717, 1.165) is 19.3 Å². The van der Waals surface area contributed by atoms with E-state index in [1.165, 1.54) is 0 Å². The van der Waals surface area contributed by atoms with Gasteiger partial charge in [-0.2, -0.15) is 10.3 Å². The minimum Gasteiger partial charge on any atom is -0.312 e. The first kappa shape index (κ1) is 21.4. The minimum absolute atomic E-state index is 0.148. The second kappa shape index (κ2) is 7.61. The molecule has 1 amide bonds. The number of nitrogens with zero attached hydrogens (tertiary/aromatic N) is 3. The number of hydroxylamine groups is 2. The van der Waals surface area contributed by atoms with Crippen molar-refractivity contribution in [1.82, 2.24) is 5.06 Å². The highest BCUT2D eigenvalue weighted by atomic mass is 16.7. The van der Waals surface area contributed by atoms with Crippen LogP contribution in [-0.2, 0) is 9.63 Å².